The molecule has 0 saturated carbocycles. The molecule has 0 unspecified atom stereocenters. The van der Waals surface area contributed by atoms with E-state index in [4.69, 9.17) is 4.74 Å². The fourth-order valence-corrected chi connectivity index (χ4v) is 3.27. The van der Waals surface area contributed by atoms with Crippen molar-refractivity contribution in [2.75, 3.05) is 7.11 Å². The van der Waals surface area contributed by atoms with Gasteiger partial charge in [0, 0.05) is 0 Å². The van der Waals surface area contributed by atoms with E-state index < -0.39 is 23.8 Å². The van der Waals surface area contributed by atoms with Gasteiger partial charge >= 0.3 is 5.97 Å². The Morgan fingerprint density at radius 2 is 1.48 bits per heavy atom. The second-order valence-corrected chi connectivity index (χ2v) is 6.16. The van der Waals surface area contributed by atoms with Gasteiger partial charge in [-0.3, -0.25) is 14.5 Å². The first-order chi connectivity index (χ1) is 12.0. The van der Waals surface area contributed by atoms with Crippen LogP contribution in [0.4, 0.5) is 0 Å². The molecule has 0 saturated heterocycles. The van der Waals surface area contributed by atoms with Crippen molar-refractivity contribution in [1.82, 2.24) is 4.90 Å². The molecular weight excluding hydrogens is 318 g/mol. The van der Waals surface area contributed by atoms with Crippen LogP contribution in [0.15, 0.2) is 54.6 Å². The maximum Gasteiger partial charge on any atom is 0.329 e. The van der Waals surface area contributed by atoms with Gasteiger partial charge in [-0.15, -0.1) is 0 Å². The molecule has 5 nitrogen and oxygen atoms in total. The minimum Gasteiger partial charge on any atom is -0.467 e. The van der Waals surface area contributed by atoms with Crippen molar-refractivity contribution in [1.29, 1.82) is 0 Å². The Hall–Kier alpha value is -2.95. The summed E-state index contributed by atoms with van der Waals surface area (Å²) < 4.78 is 4.89. The van der Waals surface area contributed by atoms with Gasteiger partial charge < -0.3 is 4.74 Å². The van der Waals surface area contributed by atoms with Crippen molar-refractivity contribution < 1.29 is 19.1 Å². The standard InChI is InChI=1S/C20H19NO4/c1-13(12-14-8-4-3-5-9-14)17(20(24)25-2)21-18(22)15-10-6-7-11-16(15)19(21)23/h3-11,13,17H,12H2,1-2H3/t13-,17+/m1/s1. The summed E-state index contributed by atoms with van der Waals surface area (Å²) in [5, 5.41) is 0. The zero-order chi connectivity index (χ0) is 18.0. The Kier molecular flexibility index (Phi) is 4.65. The van der Waals surface area contributed by atoms with Gasteiger partial charge in [0.15, 0.2) is 0 Å². The first-order valence-corrected chi connectivity index (χ1v) is 8.13. The Labute approximate surface area is 146 Å². The molecule has 2 atom stereocenters. The quantitative estimate of drug-likeness (QED) is 0.622. The lowest BCUT2D eigenvalue weighted by Gasteiger charge is -2.29. The molecule has 0 aromatic heterocycles. The molecule has 0 N–H and O–H groups in total. The highest BCUT2D eigenvalue weighted by atomic mass is 16.5. The number of hydrogen-bond acceptors (Lipinski definition) is 4. The number of amides is 2. The minimum atomic E-state index is -0.961. The topological polar surface area (TPSA) is 63.7 Å². The van der Waals surface area contributed by atoms with Gasteiger partial charge in [-0.1, -0.05) is 49.4 Å². The lowest BCUT2D eigenvalue weighted by atomic mass is 9.92. The van der Waals surface area contributed by atoms with Crippen LogP contribution in [0, 0.1) is 5.92 Å². The third-order valence-corrected chi connectivity index (χ3v) is 4.49. The van der Waals surface area contributed by atoms with Crippen LogP contribution in [0.3, 0.4) is 0 Å². The van der Waals surface area contributed by atoms with E-state index in [-0.39, 0.29) is 5.92 Å². The lowest BCUT2D eigenvalue weighted by molar-refractivity contribution is -0.147. The molecule has 0 aliphatic carbocycles. The lowest BCUT2D eigenvalue weighted by Crippen LogP contribution is -2.49. The number of carbonyl (C=O) groups is 3. The number of esters is 1. The molecule has 0 bridgehead atoms. The van der Waals surface area contributed by atoms with Gasteiger partial charge in [-0.2, -0.15) is 0 Å². The van der Waals surface area contributed by atoms with Crippen LogP contribution >= 0.6 is 0 Å². The molecule has 2 aromatic carbocycles. The van der Waals surface area contributed by atoms with Crippen LogP contribution in [0.1, 0.15) is 33.2 Å². The summed E-state index contributed by atoms with van der Waals surface area (Å²) in [6.07, 6.45) is 0.550. The molecule has 0 radical (unpaired) electrons. The number of methoxy groups -OCH3 is 1. The first-order valence-electron chi connectivity index (χ1n) is 8.13. The fourth-order valence-electron chi connectivity index (χ4n) is 3.27. The molecule has 3 rings (SSSR count). The monoisotopic (exact) mass is 337 g/mol. The van der Waals surface area contributed by atoms with Crippen LogP contribution in [-0.2, 0) is 16.0 Å². The molecular formula is C20H19NO4. The van der Waals surface area contributed by atoms with Crippen molar-refractivity contribution in [2.45, 2.75) is 19.4 Å². The molecule has 0 fully saturated rings. The molecule has 25 heavy (non-hydrogen) atoms. The predicted octanol–water partition coefficient (Wildman–Crippen LogP) is 2.70. The Morgan fingerprint density at radius 3 is 2.00 bits per heavy atom. The number of carbonyl (C=O) groups excluding carboxylic acids is 3. The molecule has 0 spiro atoms. The maximum atomic E-state index is 12.7. The highest BCUT2D eigenvalue weighted by molar-refractivity contribution is 6.22. The third kappa shape index (κ3) is 3.05. The highest BCUT2D eigenvalue weighted by Crippen LogP contribution is 2.28. The second-order valence-electron chi connectivity index (χ2n) is 6.16. The van der Waals surface area contributed by atoms with Crippen LogP contribution in [0.5, 0.6) is 0 Å². The Bertz CT molecular complexity index is 780. The summed E-state index contributed by atoms with van der Waals surface area (Å²) in [7, 11) is 1.27. The smallest absolute Gasteiger partial charge is 0.329 e. The summed E-state index contributed by atoms with van der Waals surface area (Å²) >= 11 is 0. The first kappa shape index (κ1) is 16.9. The Morgan fingerprint density at radius 1 is 0.960 bits per heavy atom. The molecule has 2 amide bonds. The average Bonchev–Trinajstić information content (AvgIpc) is 2.88. The zero-order valence-corrected chi connectivity index (χ0v) is 14.1. The van der Waals surface area contributed by atoms with Crippen LogP contribution in [0.25, 0.3) is 0 Å². The van der Waals surface area contributed by atoms with Gasteiger partial charge in [-0.05, 0) is 30.0 Å². The van der Waals surface area contributed by atoms with Crippen LogP contribution in [-0.4, -0.2) is 35.8 Å². The predicted molar refractivity (Wildman–Crippen MR) is 92.1 cm³/mol. The van der Waals surface area contributed by atoms with Crippen LogP contribution in [0.2, 0.25) is 0 Å². The number of fused-ring (bicyclic) bond motifs is 1. The van der Waals surface area contributed by atoms with Gasteiger partial charge in [0.25, 0.3) is 11.8 Å². The summed E-state index contributed by atoms with van der Waals surface area (Å²) in [5.74, 6) is -1.76. The minimum absolute atomic E-state index is 0.280. The van der Waals surface area contributed by atoms with E-state index in [9.17, 15) is 14.4 Å². The largest absolute Gasteiger partial charge is 0.467 e. The van der Waals surface area contributed by atoms with E-state index >= 15 is 0 Å². The molecule has 128 valence electrons. The van der Waals surface area contributed by atoms with Gasteiger partial charge in [0.1, 0.15) is 6.04 Å². The summed E-state index contributed by atoms with van der Waals surface area (Å²) in [6.45, 7) is 1.85. The summed E-state index contributed by atoms with van der Waals surface area (Å²) in [5.41, 5.74) is 1.68. The van der Waals surface area contributed by atoms with E-state index in [2.05, 4.69) is 0 Å². The van der Waals surface area contributed by atoms with Crippen molar-refractivity contribution in [3.05, 3.63) is 71.3 Å². The van der Waals surface area contributed by atoms with Crippen molar-refractivity contribution in [2.24, 2.45) is 5.92 Å². The van der Waals surface area contributed by atoms with Crippen molar-refractivity contribution >= 4 is 17.8 Å². The van der Waals surface area contributed by atoms with E-state index in [1.807, 2.05) is 37.3 Å². The van der Waals surface area contributed by atoms with Gasteiger partial charge in [0.05, 0.1) is 18.2 Å². The molecule has 2 aromatic rings. The number of imide groups is 1. The molecule has 5 heteroatoms. The van der Waals surface area contributed by atoms with E-state index in [1.165, 1.54) is 7.11 Å². The fraction of sp³-hybridized carbons (Fsp3) is 0.250. The Balaban J connectivity index is 1.93. The van der Waals surface area contributed by atoms with E-state index in [0.29, 0.717) is 17.5 Å². The van der Waals surface area contributed by atoms with E-state index in [0.717, 1.165) is 10.5 Å². The molecule has 1 aliphatic heterocycles. The highest BCUT2D eigenvalue weighted by Gasteiger charge is 2.45. The van der Waals surface area contributed by atoms with Crippen molar-refractivity contribution in [3.63, 3.8) is 0 Å². The number of ether oxygens (including phenoxy) is 1. The zero-order valence-electron chi connectivity index (χ0n) is 14.1. The number of benzene rings is 2. The maximum absolute atomic E-state index is 12.7. The number of hydrogen-bond donors (Lipinski definition) is 0. The normalized spacial score (nSPS) is 15.7. The molecule has 1 aliphatic rings. The van der Waals surface area contributed by atoms with E-state index in [1.54, 1.807) is 24.3 Å². The molecule has 1 heterocycles. The average molecular weight is 337 g/mol. The number of rotatable bonds is 5. The summed E-state index contributed by atoms with van der Waals surface area (Å²) in [6, 6.07) is 15.3. The SMILES string of the molecule is COC(=O)[C@H]([C@H](C)Cc1ccccc1)N1C(=O)c2ccccc2C1=O. The van der Waals surface area contributed by atoms with Crippen molar-refractivity contribution in [3.8, 4) is 0 Å². The third-order valence-electron chi connectivity index (χ3n) is 4.49. The van der Waals surface area contributed by atoms with Crippen LogP contribution < -0.4 is 0 Å². The summed E-state index contributed by atoms with van der Waals surface area (Å²) in [4.78, 5) is 38.9. The second kappa shape index (κ2) is 6.89. The van der Waals surface area contributed by atoms with Gasteiger partial charge in [-0.25, -0.2) is 4.79 Å². The number of nitrogens with zero attached hydrogens (tertiary/aromatic N) is 1. The van der Waals surface area contributed by atoms with Gasteiger partial charge in [0.2, 0.25) is 0 Å².